The Morgan fingerprint density at radius 1 is 1.36 bits per heavy atom. The molecule has 0 spiro atoms. The smallest absolute Gasteiger partial charge is 0.336 e. The molecule has 2 aromatic rings. The van der Waals surface area contributed by atoms with Crippen molar-refractivity contribution in [1.29, 1.82) is 0 Å². The molecule has 14 heavy (non-hydrogen) atoms. The maximum absolute atomic E-state index is 11.1. The average molecular weight is 184 g/mol. The topological polar surface area (TPSA) is 30.2 Å². The lowest BCUT2D eigenvalue weighted by atomic mass is 10.1. The van der Waals surface area contributed by atoms with Crippen LogP contribution in [-0.4, -0.2) is 0 Å². The van der Waals surface area contributed by atoms with Gasteiger partial charge in [-0.3, -0.25) is 0 Å². The Morgan fingerprint density at radius 2 is 2.14 bits per heavy atom. The van der Waals surface area contributed by atoms with Gasteiger partial charge in [0.25, 0.3) is 0 Å². The van der Waals surface area contributed by atoms with E-state index in [2.05, 4.69) is 5.92 Å². The molecule has 0 N–H and O–H groups in total. The van der Waals surface area contributed by atoms with E-state index >= 15 is 0 Å². The molecule has 2 heteroatoms. The van der Waals surface area contributed by atoms with Gasteiger partial charge < -0.3 is 4.42 Å². The molecule has 0 aliphatic rings. The second kappa shape index (κ2) is 3.04. The normalized spacial score (nSPS) is 10.0. The minimum atomic E-state index is -0.343. The maximum atomic E-state index is 11.1. The fraction of sp³-hybridized carbons (Fsp3) is 0.0833. The van der Waals surface area contributed by atoms with Gasteiger partial charge in [0.2, 0.25) is 0 Å². The summed E-state index contributed by atoms with van der Waals surface area (Å²) in [6.07, 6.45) is 5.25. The van der Waals surface area contributed by atoms with Gasteiger partial charge in [-0.2, -0.15) is 0 Å². The van der Waals surface area contributed by atoms with Crippen LogP contribution in [0, 0.1) is 19.3 Å². The molecule has 0 atom stereocenters. The number of rotatable bonds is 0. The van der Waals surface area contributed by atoms with Gasteiger partial charge in [-0.05, 0) is 30.7 Å². The summed E-state index contributed by atoms with van der Waals surface area (Å²) in [5.41, 5.74) is 1.82. The Hall–Kier alpha value is -2.01. The van der Waals surface area contributed by atoms with E-state index in [0.29, 0.717) is 11.1 Å². The summed E-state index contributed by atoms with van der Waals surface area (Å²) in [5, 5.41) is 0.920. The van der Waals surface area contributed by atoms with Crippen molar-refractivity contribution in [3.05, 3.63) is 45.8 Å². The van der Waals surface area contributed by atoms with E-state index in [-0.39, 0.29) is 5.63 Å². The summed E-state index contributed by atoms with van der Waals surface area (Å²) < 4.78 is 5.03. The number of hydrogen-bond donors (Lipinski definition) is 0. The highest BCUT2D eigenvalue weighted by atomic mass is 16.4. The Kier molecular flexibility index (Phi) is 1.86. The fourth-order valence-corrected chi connectivity index (χ4v) is 1.41. The van der Waals surface area contributed by atoms with Crippen LogP contribution in [0.2, 0.25) is 0 Å². The lowest BCUT2D eigenvalue weighted by Gasteiger charge is -1.99. The van der Waals surface area contributed by atoms with Gasteiger partial charge >= 0.3 is 5.63 Å². The first kappa shape index (κ1) is 8.58. The van der Waals surface area contributed by atoms with Crippen LogP contribution in [0.1, 0.15) is 11.1 Å². The number of aryl methyl sites for hydroxylation is 1. The van der Waals surface area contributed by atoms with Crippen molar-refractivity contribution in [2.24, 2.45) is 0 Å². The quantitative estimate of drug-likeness (QED) is 0.463. The first-order valence-electron chi connectivity index (χ1n) is 4.22. The van der Waals surface area contributed by atoms with E-state index < -0.39 is 0 Å². The monoisotopic (exact) mass is 184 g/mol. The Bertz CT molecular complexity index is 585. The Morgan fingerprint density at radius 3 is 2.86 bits per heavy atom. The van der Waals surface area contributed by atoms with E-state index in [9.17, 15) is 4.79 Å². The fourth-order valence-electron chi connectivity index (χ4n) is 1.41. The zero-order chi connectivity index (χ0) is 10.1. The number of benzene rings is 1. The van der Waals surface area contributed by atoms with Crippen LogP contribution in [0.3, 0.4) is 0 Å². The van der Waals surface area contributed by atoms with E-state index in [1.54, 1.807) is 6.07 Å². The van der Waals surface area contributed by atoms with E-state index in [0.717, 1.165) is 10.9 Å². The zero-order valence-corrected chi connectivity index (χ0v) is 7.70. The van der Waals surface area contributed by atoms with Gasteiger partial charge in [0.1, 0.15) is 5.58 Å². The van der Waals surface area contributed by atoms with Crippen LogP contribution in [0.25, 0.3) is 11.0 Å². The first-order valence-corrected chi connectivity index (χ1v) is 4.22. The largest absolute Gasteiger partial charge is 0.423 e. The van der Waals surface area contributed by atoms with Gasteiger partial charge in [0, 0.05) is 17.0 Å². The molecule has 0 radical (unpaired) electrons. The summed E-state index contributed by atoms with van der Waals surface area (Å²) in [5.74, 6) is 2.50. The molecule has 68 valence electrons. The summed E-state index contributed by atoms with van der Waals surface area (Å²) in [7, 11) is 0. The summed E-state index contributed by atoms with van der Waals surface area (Å²) in [6, 6.07) is 6.86. The van der Waals surface area contributed by atoms with Gasteiger partial charge in [-0.25, -0.2) is 4.79 Å². The van der Waals surface area contributed by atoms with Gasteiger partial charge in [0.15, 0.2) is 0 Å². The van der Waals surface area contributed by atoms with Crippen LogP contribution in [-0.2, 0) is 0 Å². The maximum Gasteiger partial charge on any atom is 0.336 e. The lowest BCUT2D eigenvalue weighted by molar-refractivity contribution is 0.560. The van der Waals surface area contributed by atoms with Crippen LogP contribution >= 0.6 is 0 Å². The van der Waals surface area contributed by atoms with E-state index in [4.69, 9.17) is 10.8 Å². The molecule has 1 aromatic heterocycles. The van der Waals surface area contributed by atoms with Crippen molar-refractivity contribution >= 4 is 11.0 Å². The van der Waals surface area contributed by atoms with Crippen molar-refractivity contribution in [3.8, 4) is 12.3 Å². The summed E-state index contributed by atoms with van der Waals surface area (Å²) in [6.45, 7) is 1.87. The summed E-state index contributed by atoms with van der Waals surface area (Å²) in [4.78, 5) is 11.1. The molecular formula is C12H8O2. The Labute approximate surface area is 81.2 Å². The predicted molar refractivity (Wildman–Crippen MR) is 55.2 cm³/mol. The third-order valence-corrected chi connectivity index (χ3v) is 2.12. The van der Waals surface area contributed by atoms with Crippen LogP contribution < -0.4 is 5.63 Å². The van der Waals surface area contributed by atoms with Crippen molar-refractivity contribution < 1.29 is 4.42 Å². The van der Waals surface area contributed by atoms with Crippen LogP contribution in [0.5, 0.6) is 0 Å². The second-order valence-corrected chi connectivity index (χ2v) is 3.10. The van der Waals surface area contributed by atoms with Crippen molar-refractivity contribution in [3.63, 3.8) is 0 Å². The molecule has 0 saturated heterocycles. The van der Waals surface area contributed by atoms with Crippen molar-refractivity contribution in [1.82, 2.24) is 0 Å². The summed E-state index contributed by atoms with van der Waals surface area (Å²) >= 11 is 0. The van der Waals surface area contributed by atoms with E-state index in [1.165, 1.54) is 6.07 Å². The molecule has 0 saturated carbocycles. The highest BCUT2D eigenvalue weighted by molar-refractivity contribution is 5.81. The van der Waals surface area contributed by atoms with Crippen LogP contribution in [0.4, 0.5) is 0 Å². The molecule has 0 amide bonds. The molecule has 1 aromatic carbocycles. The Balaban J connectivity index is 2.90. The minimum absolute atomic E-state index is 0.343. The standard InChI is InChI=1S/C12H8O2/c1-3-9-4-5-10-8(2)6-12(13)14-11(10)7-9/h1,4-7H,2H3. The van der Waals surface area contributed by atoms with Gasteiger partial charge in [-0.15, -0.1) is 6.42 Å². The third-order valence-electron chi connectivity index (χ3n) is 2.12. The van der Waals surface area contributed by atoms with Crippen molar-refractivity contribution in [2.75, 3.05) is 0 Å². The molecule has 0 aliphatic heterocycles. The molecular weight excluding hydrogens is 176 g/mol. The highest BCUT2D eigenvalue weighted by Crippen LogP contribution is 2.17. The average Bonchev–Trinajstić information content (AvgIpc) is 2.16. The van der Waals surface area contributed by atoms with Crippen LogP contribution in [0.15, 0.2) is 33.5 Å². The number of terminal acetylenes is 1. The third kappa shape index (κ3) is 1.29. The highest BCUT2D eigenvalue weighted by Gasteiger charge is 2.01. The predicted octanol–water partition coefficient (Wildman–Crippen LogP) is 2.08. The number of hydrogen-bond acceptors (Lipinski definition) is 2. The minimum Gasteiger partial charge on any atom is -0.423 e. The first-order chi connectivity index (χ1) is 6.70. The second-order valence-electron chi connectivity index (χ2n) is 3.10. The van der Waals surface area contributed by atoms with E-state index in [1.807, 2.05) is 19.1 Å². The molecule has 0 unspecified atom stereocenters. The van der Waals surface area contributed by atoms with Gasteiger partial charge in [0.05, 0.1) is 0 Å². The lowest BCUT2D eigenvalue weighted by Crippen LogP contribution is -1.97. The van der Waals surface area contributed by atoms with Crippen molar-refractivity contribution in [2.45, 2.75) is 6.92 Å². The molecule has 0 bridgehead atoms. The molecule has 0 fully saturated rings. The number of fused-ring (bicyclic) bond motifs is 1. The zero-order valence-electron chi connectivity index (χ0n) is 7.70. The molecule has 2 nitrogen and oxygen atoms in total. The SMILES string of the molecule is C#Cc1ccc2c(C)cc(=O)oc2c1. The molecule has 1 heterocycles. The molecule has 2 rings (SSSR count). The molecule has 0 aliphatic carbocycles. The van der Waals surface area contributed by atoms with Gasteiger partial charge in [-0.1, -0.05) is 5.92 Å².